The van der Waals surface area contributed by atoms with Crippen LogP contribution in [0.2, 0.25) is 0 Å². The first-order chi connectivity index (χ1) is 24.3. The van der Waals surface area contributed by atoms with Gasteiger partial charge in [-0.2, -0.15) is 0 Å². The van der Waals surface area contributed by atoms with Crippen LogP contribution < -0.4 is 34.2 Å². The number of carbonyl (C=O) groups is 2. The average molecular weight is 749 g/mol. The van der Waals surface area contributed by atoms with Crippen molar-refractivity contribution >= 4 is 12.1 Å². The van der Waals surface area contributed by atoms with E-state index in [1.165, 1.54) is 108 Å². The maximum absolute atomic E-state index is 11.2. The van der Waals surface area contributed by atoms with Gasteiger partial charge in [-0.15, -0.1) is 0 Å². The molecule has 5 rings (SSSR count). The second-order valence-electron chi connectivity index (χ2n) is 16.9. The quantitative estimate of drug-likeness (QED) is 0.450. The Morgan fingerprint density at radius 1 is 0.509 bits per heavy atom. The molecule has 0 spiro atoms. The molecule has 53 heavy (non-hydrogen) atoms. The van der Waals surface area contributed by atoms with Crippen molar-refractivity contribution in [3.05, 3.63) is 58.2 Å². The highest BCUT2D eigenvalue weighted by atomic mass is 16.4. The highest BCUT2D eigenvalue weighted by molar-refractivity contribution is 6.11. The summed E-state index contributed by atoms with van der Waals surface area (Å²) in [6, 6.07) is -0.481. The first kappa shape index (κ1) is 44.9. The van der Waals surface area contributed by atoms with Gasteiger partial charge >= 0.3 is 46.3 Å². The molecule has 16 nitrogen and oxygen atoms in total. The lowest BCUT2D eigenvalue weighted by molar-refractivity contribution is 0.111. The summed E-state index contributed by atoms with van der Waals surface area (Å²) in [7, 11) is 11.1. The number of rotatable bonds is 2. The average Bonchev–Trinajstić information content (AvgIpc) is 3.12. The van der Waals surface area contributed by atoms with E-state index in [9.17, 15) is 33.6 Å². The Morgan fingerprint density at radius 3 is 1.08 bits per heavy atom. The summed E-state index contributed by atoms with van der Waals surface area (Å²) in [4.78, 5) is 81.8. The second-order valence-corrected chi connectivity index (χ2v) is 16.9. The van der Waals surface area contributed by atoms with Crippen LogP contribution in [0, 0.1) is 34.5 Å². The molecule has 300 valence electrons. The van der Waals surface area contributed by atoms with E-state index in [1.807, 2.05) is 0 Å². The zero-order valence-electron chi connectivity index (χ0n) is 34.5. The molecule has 2 aliphatic carbocycles. The molecule has 2 aromatic rings. The van der Waals surface area contributed by atoms with Gasteiger partial charge in [-0.05, 0) is 66.6 Å². The lowest BCUT2D eigenvalue weighted by Crippen LogP contribution is -2.59. The molecule has 1 saturated heterocycles. The van der Waals surface area contributed by atoms with E-state index in [0.717, 1.165) is 56.3 Å². The Kier molecular flexibility index (Phi) is 15.4. The molecule has 0 radical (unpaired) electrons. The van der Waals surface area contributed by atoms with Crippen LogP contribution >= 0.6 is 0 Å². The summed E-state index contributed by atoms with van der Waals surface area (Å²) in [5.41, 5.74) is -1.19. The molecule has 0 bridgehead atoms. The number of aromatic nitrogens is 5. The molecule has 1 aliphatic heterocycles. The molecule has 3 aliphatic rings. The predicted molar refractivity (Wildman–Crippen MR) is 204 cm³/mol. The highest BCUT2D eigenvalue weighted by Gasteiger charge is 2.37. The maximum Gasteiger partial charge on any atom is 0.425 e. The minimum Gasteiger partial charge on any atom is -0.375 e. The van der Waals surface area contributed by atoms with Gasteiger partial charge in [0.05, 0.1) is 0 Å². The van der Waals surface area contributed by atoms with Crippen molar-refractivity contribution in [2.45, 2.75) is 99.3 Å². The molecule has 0 N–H and O–H groups in total. The van der Waals surface area contributed by atoms with Gasteiger partial charge in [0, 0.05) is 56.4 Å². The van der Waals surface area contributed by atoms with Crippen LogP contribution in [0.5, 0.6) is 0 Å². The first-order valence-corrected chi connectivity index (χ1v) is 18.4. The lowest BCUT2D eigenvalue weighted by Gasteiger charge is -2.40. The van der Waals surface area contributed by atoms with Gasteiger partial charge in [0.15, 0.2) is 0 Å². The minimum atomic E-state index is -0.710. The summed E-state index contributed by atoms with van der Waals surface area (Å²) in [5, 5.41) is 0. The summed E-state index contributed by atoms with van der Waals surface area (Å²) < 4.78 is 9.33. The monoisotopic (exact) mass is 748 g/mol. The standard InChI is InChI=1S/C21H40.2C6H9N3O3.C4H6N2O2/c1-20(2,3)18-11-7-16(8-12-18)15-17-9-13-19(14-10-17)21(4,5)6;1-7-4-8(2)5(10)9(3)6(11)12-4;1-7-4(10)8(2)6(12)9(3)5(7)11;1-5-3(7)6(2)4(5)8/h16-19H,7-15H2,1-6H3;2*1-3H3;1-2H3. The van der Waals surface area contributed by atoms with E-state index in [4.69, 9.17) is 0 Å². The van der Waals surface area contributed by atoms with Crippen LogP contribution in [-0.2, 0) is 35.2 Å². The van der Waals surface area contributed by atoms with Crippen LogP contribution in [0.15, 0.2) is 33.4 Å². The molecule has 3 heterocycles. The molecule has 0 atom stereocenters. The van der Waals surface area contributed by atoms with Gasteiger partial charge in [-0.3, -0.25) is 4.57 Å². The van der Waals surface area contributed by atoms with Crippen molar-refractivity contribution in [1.82, 2.24) is 32.6 Å². The molecule has 0 unspecified atom stereocenters. The molecule has 4 amide bonds. The Bertz CT molecular complexity index is 1780. The minimum absolute atomic E-state index is 0.0168. The van der Waals surface area contributed by atoms with Crippen molar-refractivity contribution < 1.29 is 14.0 Å². The SMILES string of the molecule is CC(C)(C)C1CCC(CC2CCC(C(C)(C)C)CC2)CC1.CN1C(=O)N(C)C1=O.CN=c1oc(=O)n(C)c(=O)n1C.Cn1c(=O)n(C)c(=O)n(C)c1=O. The van der Waals surface area contributed by atoms with Crippen LogP contribution in [-0.4, -0.2) is 65.8 Å². The van der Waals surface area contributed by atoms with E-state index in [0.29, 0.717) is 10.8 Å². The molecule has 2 saturated carbocycles. The fraction of sp³-hybridized carbons (Fsp3) is 0.784. The lowest BCUT2D eigenvalue weighted by atomic mass is 9.65. The van der Waals surface area contributed by atoms with Gasteiger partial charge in [0.2, 0.25) is 0 Å². The number of imide groups is 2. The van der Waals surface area contributed by atoms with Crippen LogP contribution in [0.3, 0.4) is 0 Å². The van der Waals surface area contributed by atoms with Crippen molar-refractivity contribution in [1.29, 1.82) is 0 Å². The smallest absolute Gasteiger partial charge is 0.375 e. The van der Waals surface area contributed by atoms with E-state index in [1.54, 1.807) is 6.42 Å². The number of carbonyl (C=O) groups excluding carboxylic acids is 2. The molecule has 3 fully saturated rings. The molecular weight excluding hydrogens is 684 g/mol. The summed E-state index contributed by atoms with van der Waals surface area (Å²) in [5.74, 6) is 3.36. The Balaban J connectivity index is 0.000000261. The van der Waals surface area contributed by atoms with E-state index in [-0.39, 0.29) is 17.7 Å². The molecular formula is C37H64N8O8. The number of urea groups is 2. The summed E-state index contributed by atoms with van der Waals surface area (Å²) >= 11 is 0. The van der Waals surface area contributed by atoms with E-state index < -0.39 is 28.5 Å². The van der Waals surface area contributed by atoms with Crippen LogP contribution in [0.4, 0.5) is 9.59 Å². The first-order valence-electron chi connectivity index (χ1n) is 18.4. The largest absolute Gasteiger partial charge is 0.425 e. The van der Waals surface area contributed by atoms with Gasteiger partial charge in [-0.1, -0.05) is 67.2 Å². The van der Waals surface area contributed by atoms with Gasteiger partial charge in [0.1, 0.15) is 0 Å². The molecule has 0 aromatic carbocycles. The predicted octanol–water partition coefficient (Wildman–Crippen LogP) is 3.18. The zero-order valence-corrected chi connectivity index (χ0v) is 34.5. The maximum atomic E-state index is 11.2. The van der Waals surface area contributed by atoms with E-state index >= 15 is 0 Å². The number of hydrogen-bond acceptors (Lipinski definition) is 9. The third-order valence-corrected chi connectivity index (χ3v) is 11.2. The van der Waals surface area contributed by atoms with Crippen molar-refractivity contribution in [3.63, 3.8) is 0 Å². The Hall–Kier alpha value is -4.24. The van der Waals surface area contributed by atoms with Crippen molar-refractivity contribution in [2.75, 3.05) is 21.1 Å². The summed E-state index contributed by atoms with van der Waals surface area (Å²) in [6.45, 7) is 14.6. The molecule has 16 heteroatoms. The third-order valence-electron chi connectivity index (χ3n) is 11.2. The van der Waals surface area contributed by atoms with Crippen LogP contribution in [0.1, 0.15) is 99.3 Å². The Labute approximate surface area is 311 Å². The zero-order chi connectivity index (χ0) is 40.7. The van der Waals surface area contributed by atoms with Gasteiger partial charge in [0.25, 0.3) is 0 Å². The fourth-order valence-electron chi connectivity index (χ4n) is 7.28. The number of amides is 4. The van der Waals surface area contributed by atoms with Crippen molar-refractivity contribution in [2.24, 2.45) is 74.7 Å². The van der Waals surface area contributed by atoms with E-state index in [2.05, 4.69) is 51.0 Å². The van der Waals surface area contributed by atoms with Gasteiger partial charge < -0.3 is 4.42 Å². The Morgan fingerprint density at radius 2 is 0.811 bits per heavy atom. The topological polar surface area (TPSA) is 176 Å². The second kappa shape index (κ2) is 18.2. The van der Waals surface area contributed by atoms with Crippen molar-refractivity contribution in [3.8, 4) is 0 Å². The fourth-order valence-corrected chi connectivity index (χ4v) is 7.28. The number of hydrogen-bond donors (Lipinski definition) is 0. The van der Waals surface area contributed by atoms with Crippen LogP contribution in [0.25, 0.3) is 0 Å². The molecule has 2 aromatic heterocycles. The normalized spacial score (nSPS) is 22.1. The van der Waals surface area contributed by atoms with Gasteiger partial charge in [-0.25, -0.2) is 66.6 Å². The number of nitrogens with zero attached hydrogens (tertiary/aromatic N) is 8. The third kappa shape index (κ3) is 11.4. The highest BCUT2D eigenvalue weighted by Crippen LogP contribution is 2.45. The summed E-state index contributed by atoms with van der Waals surface area (Å²) in [6.07, 6.45) is 13.6.